The van der Waals surface area contributed by atoms with Crippen molar-refractivity contribution in [1.82, 2.24) is 14.7 Å². The van der Waals surface area contributed by atoms with Gasteiger partial charge in [-0.2, -0.15) is 0 Å². The molecule has 2 aliphatic rings. The first-order valence-electron chi connectivity index (χ1n) is 16.2. The molecule has 1 N–H and O–H groups in total. The van der Waals surface area contributed by atoms with Gasteiger partial charge in [0, 0.05) is 37.7 Å². The molecule has 10 heteroatoms. The number of aliphatic hydroxyl groups excluding tert-OH is 1. The molecule has 0 saturated carbocycles. The van der Waals surface area contributed by atoms with Crippen molar-refractivity contribution in [1.29, 1.82) is 0 Å². The number of ketones is 1. The molecule has 0 aromatic carbocycles. The summed E-state index contributed by atoms with van der Waals surface area (Å²) < 4.78 is 24.8. The van der Waals surface area contributed by atoms with Gasteiger partial charge < -0.3 is 33.9 Å². The Bertz CT molecular complexity index is 900. The van der Waals surface area contributed by atoms with Gasteiger partial charge in [0.1, 0.15) is 18.1 Å². The maximum Gasteiger partial charge on any atom is 0.319 e. The summed E-state index contributed by atoms with van der Waals surface area (Å²) in [6.45, 7) is 17.4. The molecule has 10 nitrogen and oxygen atoms in total. The van der Waals surface area contributed by atoms with E-state index in [0.717, 1.165) is 25.9 Å². The molecule has 2 aliphatic heterocycles. The minimum absolute atomic E-state index is 0.0205. The Morgan fingerprint density at radius 2 is 1.74 bits per heavy atom. The van der Waals surface area contributed by atoms with E-state index >= 15 is 0 Å². The summed E-state index contributed by atoms with van der Waals surface area (Å²) in [5, 5.41) is 11.3. The minimum atomic E-state index is -1.40. The Morgan fingerprint density at radius 3 is 2.30 bits per heavy atom. The van der Waals surface area contributed by atoms with Crippen molar-refractivity contribution >= 4 is 11.8 Å². The smallest absolute Gasteiger partial charge is 0.319 e. The van der Waals surface area contributed by atoms with Crippen molar-refractivity contribution in [3.8, 4) is 0 Å². The lowest BCUT2D eigenvalue weighted by Gasteiger charge is -2.47. The fourth-order valence-corrected chi connectivity index (χ4v) is 6.73. The van der Waals surface area contributed by atoms with Crippen molar-refractivity contribution < 1.29 is 33.6 Å². The summed E-state index contributed by atoms with van der Waals surface area (Å²) in [5.74, 6) is -1.41. The number of methoxy groups -OCH3 is 1. The molecule has 0 aromatic heterocycles. The normalized spacial score (nSPS) is 37.2. The van der Waals surface area contributed by atoms with Crippen LogP contribution in [0.3, 0.4) is 0 Å². The molecule has 252 valence electrons. The molecule has 0 aliphatic carbocycles. The quantitative estimate of drug-likeness (QED) is 0.308. The molecular weight excluding hydrogens is 550 g/mol. The highest BCUT2D eigenvalue weighted by atomic mass is 16.7. The number of cyclic esters (lactones) is 1. The van der Waals surface area contributed by atoms with E-state index in [1.807, 2.05) is 32.8 Å². The van der Waals surface area contributed by atoms with Crippen LogP contribution in [-0.2, 0) is 28.5 Å². The zero-order chi connectivity index (χ0) is 32.9. The van der Waals surface area contributed by atoms with E-state index in [4.69, 9.17) is 18.9 Å². The second kappa shape index (κ2) is 15.9. The summed E-state index contributed by atoms with van der Waals surface area (Å²) in [6, 6.07) is 0.315. The molecule has 0 amide bonds. The van der Waals surface area contributed by atoms with Crippen LogP contribution in [0.15, 0.2) is 0 Å². The average molecular weight is 614 g/mol. The monoisotopic (exact) mass is 613 g/mol. The summed E-state index contributed by atoms with van der Waals surface area (Å²) >= 11 is 0. The molecule has 9 atom stereocenters. The number of carbonyl (C=O) groups excluding carboxylic acids is 2. The first kappa shape index (κ1) is 38.0. The SMILES string of the molecule is CO[C@]1(C)C[C@@H](C)CN(C)[C@H](CCCN(C)C(C)C)COC(=O)C(C)(C)C(=O)[C@H](C)[C@H]1O[C@@H]1O[C@H](C)C[C@H](N(C)C)[C@H]1O. The Kier molecular flexibility index (Phi) is 14.1. The summed E-state index contributed by atoms with van der Waals surface area (Å²) in [6.07, 6.45) is 0.284. The number of esters is 1. The number of Topliss-reactive ketones (excluding diaryl/α,β-unsaturated/α-hetero) is 1. The number of rotatable bonds is 9. The third kappa shape index (κ3) is 9.67. The number of hydrogen-bond acceptors (Lipinski definition) is 10. The molecule has 0 radical (unpaired) electrons. The van der Waals surface area contributed by atoms with E-state index in [1.165, 1.54) is 0 Å². The Labute approximate surface area is 261 Å². The molecule has 0 bridgehead atoms. The molecule has 0 unspecified atom stereocenters. The Morgan fingerprint density at radius 1 is 1.12 bits per heavy atom. The van der Waals surface area contributed by atoms with E-state index in [1.54, 1.807) is 27.9 Å². The summed E-state index contributed by atoms with van der Waals surface area (Å²) in [7, 11) is 9.69. The zero-order valence-electron chi connectivity index (χ0n) is 29.4. The van der Waals surface area contributed by atoms with Gasteiger partial charge in [0.05, 0.1) is 17.8 Å². The van der Waals surface area contributed by atoms with Gasteiger partial charge in [0.15, 0.2) is 12.1 Å². The van der Waals surface area contributed by atoms with Gasteiger partial charge in [-0.25, -0.2) is 0 Å². The van der Waals surface area contributed by atoms with Crippen molar-refractivity contribution in [2.75, 3.05) is 55.0 Å². The number of likely N-dealkylation sites (N-methyl/N-ethyl adjacent to an activating group) is 2. The minimum Gasteiger partial charge on any atom is -0.463 e. The van der Waals surface area contributed by atoms with Gasteiger partial charge in [-0.3, -0.25) is 14.5 Å². The predicted molar refractivity (Wildman–Crippen MR) is 169 cm³/mol. The number of aliphatic hydroxyl groups is 1. The van der Waals surface area contributed by atoms with Gasteiger partial charge in [0.25, 0.3) is 0 Å². The molecule has 43 heavy (non-hydrogen) atoms. The van der Waals surface area contributed by atoms with Crippen molar-refractivity contribution in [2.45, 2.75) is 129 Å². The van der Waals surface area contributed by atoms with Crippen LogP contribution in [0.1, 0.15) is 81.1 Å². The number of hydrogen-bond donors (Lipinski definition) is 1. The standard InChI is InChI=1S/C33H63N3O7/c1-21(2)35(11)16-14-15-25-20-41-31(39)32(6,7)28(38)24(5)29(33(8,40-13)18-22(3)19-36(25)12)43-30-27(37)26(34(9)10)17-23(4)42-30/h21-27,29-30,37H,14-20H2,1-13H3/t22-,23-,24+,25-,26+,27-,29-,30+,33-/m1/s1. The molecule has 2 heterocycles. The van der Waals surface area contributed by atoms with Crippen molar-refractivity contribution in [3.05, 3.63) is 0 Å². The molecule has 2 rings (SSSR count). The van der Waals surface area contributed by atoms with E-state index in [0.29, 0.717) is 18.9 Å². The summed E-state index contributed by atoms with van der Waals surface area (Å²) in [4.78, 5) is 34.2. The second-order valence-electron chi connectivity index (χ2n) is 14.6. The van der Waals surface area contributed by atoms with Gasteiger partial charge in [-0.05, 0) is 108 Å². The largest absolute Gasteiger partial charge is 0.463 e. The lowest BCUT2D eigenvalue weighted by atomic mass is 9.74. The first-order valence-corrected chi connectivity index (χ1v) is 16.2. The number of carbonyl (C=O) groups is 2. The summed E-state index contributed by atoms with van der Waals surface area (Å²) in [5.41, 5.74) is -2.31. The fraction of sp³-hybridized carbons (Fsp3) is 0.939. The van der Waals surface area contributed by atoms with Gasteiger partial charge in [-0.15, -0.1) is 0 Å². The van der Waals surface area contributed by atoms with Crippen molar-refractivity contribution in [3.63, 3.8) is 0 Å². The van der Waals surface area contributed by atoms with E-state index in [2.05, 4.69) is 44.7 Å². The Balaban J connectivity index is 2.44. The molecule has 2 fully saturated rings. The van der Waals surface area contributed by atoms with Crippen LogP contribution in [0, 0.1) is 17.3 Å². The van der Waals surface area contributed by atoms with Crippen LogP contribution >= 0.6 is 0 Å². The van der Waals surface area contributed by atoms with Crippen LogP contribution in [0.5, 0.6) is 0 Å². The van der Waals surface area contributed by atoms with Crippen LogP contribution in [-0.4, -0.2) is 135 Å². The molecule has 0 spiro atoms. The van der Waals surface area contributed by atoms with Gasteiger partial charge in [-0.1, -0.05) is 13.8 Å². The maximum absolute atomic E-state index is 14.1. The highest BCUT2D eigenvalue weighted by molar-refractivity contribution is 6.04. The van der Waals surface area contributed by atoms with Crippen LogP contribution < -0.4 is 0 Å². The third-order valence-electron chi connectivity index (χ3n) is 9.93. The van der Waals surface area contributed by atoms with Gasteiger partial charge in [0.2, 0.25) is 0 Å². The first-order chi connectivity index (χ1) is 19.8. The van der Waals surface area contributed by atoms with Crippen LogP contribution in [0.2, 0.25) is 0 Å². The fourth-order valence-electron chi connectivity index (χ4n) is 6.73. The number of ether oxygens (including phenoxy) is 4. The highest BCUT2D eigenvalue weighted by Crippen LogP contribution is 2.38. The topological polar surface area (TPSA) is 101 Å². The van der Waals surface area contributed by atoms with Crippen LogP contribution in [0.25, 0.3) is 0 Å². The lowest BCUT2D eigenvalue weighted by molar-refractivity contribution is -0.295. The average Bonchev–Trinajstić information content (AvgIpc) is 2.92. The Hall–Kier alpha value is -1.14. The van der Waals surface area contributed by atoms with Crippen molar-refractivity contribution in [2.24, 2.45) is 17.3 Å². The van der Waals surface area contributed by atoms with E-state index < -0.39 is 41.4 Å². The highest BCUT2D eigenvalue weighted by Gasteiger charge is 2.51. The van der Waals surface area contributed by atoms with Crippen LogP contribution in [0.4, 0.5) is 0 Å². The van der Waals surface area contributed by atoms with E-state index in [-0.39, 0.29) is 36.5 Å². The van der Waals surface area contributed by atoms with Gasteiger partial charge >= 0.3 is 5.97 Å². The van der Waals surface area contributed by atoms with E-state index in [9.17, 15) is 14.7 Å². The number of nitrogens with zero attached hydrogens (tertiary/aromatic N) is 3. The molecule has 0 aromatic rings. The molecular formula is C33H63N3O7. The third-order valence-corrected chi connectivity index (χ3v) is 9.93. The predicted octanol–water partition coefficient (Wildman–Crippen LogP) is 3.44. The maximum atomic E-state index is 14.1. The lowest BCUT2D eigenvalue weighted by Crippen LogP contribution is -2.59. The zero-order valence-corrected chi connectivity index (χ0v) is 29.4. The second-order valence-corrected chi connectivity index (χ2v) is 14.6. The molecule has 2 saturated heterocycles.